The number of aryl methyl sites for hydroxylation is 1. The van der Waals surface area contributed by atoms with E-state index in [-0.39, 0.29) is 5.41 Å². The summed E-state index contributed by atoms with van der Waals surface area (Å²) in [6.45, 7) is 11.5. The van der Waals surface area contributed by atoms with Gasteiger partial charge in [-0.3, -0.25) is 0 Å². The molecule has 1 aliphatic heterocycles. The van der Waals surface area contributed by atoms with Gasteiger partial charge in [0.05, 0.1) is 0 Å². The van der Waals surface area contributed by atoms with E-state index in [1.54, 1.807) is 0 Å². The molecule has 0 radical (unpaired) electrons. The van der Waals surface area contributed by atoms with E-state index >= 15 is 0 Å². The largest absolute Gasteiger partial charge is 0.354 e. The Hall–Kier alpha value is -2.10. The maximum atomic E-state index is 4.74. The lowest BCUT2D eigenvalue weighted by Gasteiger charge is -2.40. The molecule has 1 aromatic carbocycles. The van der Waals surface area contributed by atoms with E-state index in [0.29, 0.717) is 0 Å². The molecule has 0 fully saturated rings. The summed E-state index contributed by atoms with van der Waals surface area (Å²) in [7, 11) is 0. The number of rotatable bonds is 4. The second-order valence-corrected chi connectivity index (χ2v) is 6.82. The lowest BCUT2D eigenvalue weighted by Crippen LogP contribution is -2.42. The van der Waals surface area contributed by atoms with Crippen molar-refractivity contribution in [2.24, 2.45) is 0 Å². The fourth-order valence-electron chi connectivity index (χ4n) is 3.37. The summed E-state index contributed by atoms with van der Waals surface area (Å²) in [4.78, 5) is 11.7. The lowest BCUT2D eigenvalue weighted by atomic mass is 9.78. The van der Waals surface area contributed by atoms with Gasteiger partial charge in [0.25, 0.3) is 0 Å². The molecule has 0 atom stereocenters. The van der Waals surface area contributed by atoms with Gasteiger partial charge in [-0.25, -0.2) is 4.98 Å². The Bertz CT molecular complexity index is 694. The molecule has 0 aliphatic carbocycles. The van der Waals surface area contributed by atoms with Crippen molar-refractivity contribution in [3.05, 3.63) is 47.2 Å². The fourth-order valence-corrected chi connectivity index (χ4v) is 3.37. The summed E-state index contributed by atoms with van der Waals surface area (Å²) < 4.78 is 0. The van der Waals surface area contributed by atoms with Gasteiger partial charge in [0.1, 0.15) is 5.82 Å². The van der Waals surface area contributed by atoms with Gasteiger partial charge in [0.2, 0.25) is 5.95 Å². The Morgan fingerprint density at radius 1 is 1.17 bits per heavy atom. The second kappa shape index (κ2) is 6.19. The first kappa shape index (κ1) is 15.8. The Balaban J connectivity index is 1.98. The van der Waals surface area contributed by atoms with Crippen molar-refractivity contribution >= 4 is 11.8 Å². The number of fused-ring (bicyclic) bond motifs is 1. The average Bonchev–Trinajstić information content (AvgIpc) is 2.54. The first-order valence-corrected chi connectivity index (χ1v) is 8.48. The van der Waals surface area contributed by atoms with Crippen molar-refractivity contribution in [2.45, 2.75) is 46.1 Å². The summed E-state index contributed by atoms with van der Waals surface area (Å²) in [5.41, 5.74) is 4.05. The van der Waals surface area contributed by atoms with Crippen LogP contribution in [0.15, 0.2) is 30.3 Å². The minimum atomic E-state index is 0.116. The molecule has 0 saturated carbocycles. The van der Waals surface area contributed by atoms with E-state index in [9.17, 15) is 0 Å². The molecule has 0 amide bonds. The predicted molar refractivity (Wildman–Crippen MR) is 96.1 cm³/mol. The molecular formula is C19H26N4. The number of nitrogens with one attached hydrogen (secondary N) is 1. The second-order valence-electron chi connectivity index (χ2n) is 6.82. The number of benzene rings is 1. The van der Waals surface area contributed by atoms with Gasteiger partial charge in [-0.2, -0.15) is 4.98 Å². The highest BCUT2D eigenvalue weighted by Crippen LogP contribution is 2.35. The van der Waals surface area contributed by atoms with E-state index in [4.69, 9.17) is 4.98 Å². The third-order valence-electron chi connectivity index (χ3n) is 4.48. The van der Waals surface area contributed by atoms with Crippen LogP contribution >= 0.6 is 0 Å². The van der Waals surface area contributed by atoms with Gasteiger partial charge in [-0.05, 0) is 24.5 Å². The third kappa shape index (κ3) is 3.16. The molecule has 1 aromatic heterocycles. The number of hydrogen-bond acceptors (Lipinski definition) is 4. The molecule has 0 bridgehead atoms. The number of hydrogen-bond donors (Lipinski definition) is 1. The molecule has 23 heavy (non-hydrogen) atoms. The predicted octanol–water partition coefficient (Wildman–Crippen LogP) is 3.77. The van der Waals surface area contributed by atoms with Crippen LogP contribution in [0.2, 0.25) is 0 Å². The van der Waals surface area contributed by atoms with Gasteiger partial charge < -0.3 is 10.2 Å². The molecule has 3 rings (SSSR count). The van der Waals surface area contributed by atoms with Crippen molar-refractivity contribution in [2.75, 3.05) is 23.3 Å². The highest BCUT2D eigenvalue weighted by molar-refractivity contribution is 5.50. The normalized spacial score (nSPS) is 16.1. The fraction of sp³-hybridized carbons (Fsp3) is 0.474. The minimum Gasteiger partial charge on any atom is -0.354 e. The molecule has 4 heteroatoms. The van der Waals surface area contributed by atoms with E-state index in [1.165, 1.54) is 11.1 Å². The van der Waals surface area contributed by atoms with E-state index < -0.39 is 0 Å². The van der Waals surface area contributed by atoms with Crippen LogP contribution in [0, 0.1) is 0 Å². The SMILES string of the molecule is CCNc1nc(CC)cc(N2Cc3ccccc3C(C)(C)C2)n1. The van der Waals surface area contributed by atoms with E-state index in [1.807, 2.05) is 0 Å². The number of aromatic nitrogens is 2. The molecule has 1 N–H and O–H groups in total. The topological polar surface area (TPSA) is 41.1 Å². The zero-order chi connectivity index (χ0) is 16.4. The monoisotopic (exact) mass is 310 g/mol. The quantitative estimate of drug-likeness (QED) is 0.933. The molecule has 4 nitrogen and oxygen atoms in total. The standard InChI is InChI=1S/C19H26N4/c1-5-15-11-17(22-18(21-15)20-6-2)23-12-14-9-7-8-10-16(14)19(3,4)13-23/h7-11H,5-6,12-13H2,1-4H3,(H,20,21,22). The Labute approximate surface area is 139 Å². The van der Waals surface area contributed by atoms with Crippen LogP contribution < -0.4 is 10.2 Å². The first-order chi connectivity index (χ1) is 11.0. The molecule has 2 heterocycles. The Morgan fingerprint density at radius 2 is 1.96 bits per heavy atom. The number of anilines is 2. The summed E-state index contributed by atoms with van der Waals surface area (Å²) in [5.74, 6) is 1.76. The van der Waals surface area contributed by atoms with Gasteiger partial charge in [-0.1, -0.05) is 45.0 Å². The van der Waals surface area contributed by atoms with Crippen LogP contribution in [0.3, 0.4) is 0 Å². The van der Waals surface area contributed by atoms with Crippen molar-refractivity contribution < 1.29 is 0 Å². The smallest absolute Gasteiger partial charge is 0.224 e. The van der Waals surface area contributed by atoms with Crippen LogP contribution in [0.4, 0.5) is 11.8 Å². The van der Waals surface area contributed by atoms with Crippen LogP contribution in [-0.2, 0) is 18.4 Å². The molecule has 2 aromatic rings. The van der Waals surface area contributed by atoms with Gasteiger partial charge in [0, 0.05) is 36.8 Å². The first-order valence-electron chi connectivity index (χ1n) is 8.48. The van der Waals surface area contributed by atoms with Gasteiger partial charge in [0.15, 0.2) is 0 Å². The van der Waals surface area contributed by atoms with E-state index in [2.05, 4.69) is 73.2 Å². The average molecular weight is 310 g/mol. The maximum absolute atomic E-state index is 4.74. The summed E-state index contributed by atoms with van der Waals surface area (Å²) >= 11 is 0. The minimum absolute atomic E-state index is 0.116. The van der Waals surface area contributed by atoms with Crippen molar-refractivity contribution in [1.29, 1.82) is 0 Å². The molecule has 0 unspecified atom stereocenters. The Kier molecular flexibility index (Phi) is 4.24. The van der Waals surface area contributed by atoms with Gasteiger partial charge in [-0.15, -0.1) is 0 Å². The molecule has 1 aliphatic rings. The summed E-state index contributed by atoms with van der Waals surface area (Å²) in [6.07, 6.45) is 0.918. The zero-order valence-corrected chi connectivity index (χ0v) is 14.6. The zero-order valence-electron chi connectivity index (χ0n) is 14.6. The lowest BCUT2D eigenvalue weighted by molar-refractivity contribution is 0.474. The Morgan fingerprint density at radius 3 is 2.70 bits per heavy atom. The van der Waals surface area contributed by atoms with Crippen molar-refractivity contribution in [3.63, 3.8) is 0 Å². The summed E-state index contributed by atoms with van der Waals surface area (Å²) in [6, 6.07) is 10.9. The molecule has 0 saturated heterocycles. The summed E-state index contributed by atoms with van der Waals surface area (Å²) in [5, 5.41) is 3.25. The van der Waals surface area contributed by atoms with E-state index in [0.717, 1.165) is 43.5 Å². The highest BCUT2D eigenvalue weighted by Gasteiger charge is 2.32. The van der Waals surface area contributed by atoms with Gasteiger partial charge >= 0.3 is 0 Å². The number of nitrogens with zero attached hydrogens (tertiary/aromatic N) is 3. The van der Waals surface area contributed by atoms with Crippen LogP contribution in [-0.4, -0.2) is 23.1 Å². The van der Waals surface area contributed by atoms with Crippen LogP contribution in [0.1, 0.15) is 44.5 Å². The van der Waals surface area contributed by atoms with Crippen LogP contribution in [0.5, 0.6) is 0 Å². The highest BCUT2D eigenvalue weighted by atomic mass is 15.2. The molecular weight excluding hydrogens is 284 g/mol. The van der Waals surface area contributed by atoms with Crippen molar-refractivity contribution in [1.82, 2.24) is 9.97 Å². The molecule has 122 valence electrons. The van der Waals surface area contributed by atoms with Crippen molar-refractivity contribution in [3.8, 4) is 0 Å². The maximum Gasteiger partial charge on any atom is 0.224 e. The molecule has 0 spiro atoms. The van der Waals surface area contributed by atoms with Crippen LogP contribution in [0.25, 0.3) is 0 Å². The third-order valence-corrected chi connectivity index (χ3v) is 4.48.